The molecule has 2 fully saturated rings. The molecule has 1 aliphatic heterocycles. The molecule has 1 heterocycles. The third-order valence-electron chi connectivity index (χ3n) is 10.6. The summed E-state index contributed by atoms with van der Waals surface area (Å²) in [5.41, 5.74) is 6.05. The number of aliphatic carboxylic acids is 2. The number of ether oxygens (including phenoxy) is 1. The normalized spacial score (nSPS) is 17.0. The Morgan fingerprint density at radius 3 is 1.94 bits per heavy atom. The van der Waals surface area contributed by atoms with Gasteiger partial charge < -0.3 is 57.1 Å². The number of nitrogens with two attached hydrogens (primary N) is 1. The van der Waals surface area contributed by atoms with Crippen molar-refractivity contribution in [1.29, 1.82) is 0 Å². The number of carbonyl (C=O) groups excluding carboxylic acids is 6. The summed E-state index contributed by atoms with van der Waals surface area (Å²) in [7, 11) is 3.56. The predicted molar refractivity (Wildman–Crippen MR) is 227 cm³/mol. The van der Waals surface area contributed by atoms with Gasteiger partial charge in [0.05, 0.1) is 19.6 Å². The number of carboxylic acids is 2. The minimum absolute atomic E-state index is 0.0126. The van der Waals surface area contributed by atoms with E-state index in [1.165, 1.54) is 0 Å². The molecular formula is C42H65N9O11. The lowest BCUT2D eigenvalue weighted by Gasteiger charge is -2.33. The number of hydrogen-bond donors (Lipinski definition) is 8. The van der Waals surface area contributed by atoms with Crippen molar-refractivity contribution in [3.63, 3.8) is 0 Å². The number of rotatable bonds is 23. The molecule has 1 unspecified atom stereocenters. The number of amides is 6. The van der Waals surface area contributed by atoms with Crippen LogP contribution in [0.15, 0.2) is 35.3 Å². The number of morpholine rings is 1. The Balaban J connectivity index is 1.82. The highest BCUT2D eigenvalue weighted by Gasteiger charge is 2.35. The van der Waals surface area contributed by atoms with Gasteiger partial charge in [0.2, 0.25) is 35.4 Å². The predicted octanol–water partition coefficient (Wildman–Crippen LogP) is -0.256. The first-order chi connectivity index (χ1) is 29.4. The number of hydrogen-bond acceptors (Lipinski definition) is 10. The molecule has 0 aromatic heterocycles. The molecule has 1 aliphatic carbocycles. The van der Waals surface area contributed by atoms with Gasteiger partial charge in [-0.15, -0.1) is 0 Å². The number of carbonyl (C=O) groups is 8. The fourth-order valence-electron chi connectivity index (χ4n) is 7.44. The van der Waals surface area contributed by atoms with Crippen LogP contribution < -0.4 is 32.3 Å². The average Bonchev–Trinajstić information content (AvgIpc) is 3.21. The van der Waals surface area contributed by atoms with Crippen LogP contribution in [0.1, 0.15) is 83.6 Å². The van der Waals surface area contributed by atoms with Crippen molar-refractivity contribution in [2.24, 2.45) is 22.6 Å². The molecule has 5 atom stereocenters. The van der Waals surface area contributed by atoms with Crippen molar-refractivity contribution in [2.45, 2.75) is 115 Å². The van der Waals surface area contributed by atoms with E-state index >= 15 is 0 Å². The topological polar surface area (TPSA) is 291 Å². The summed E-state index contributed by atoms with van der Waals surface area (Å²) in [6.45, 7) is 5.31. The minimum Gasteiger partial charge on any atom is -0.481 e. The Labute approximate surface area is 362 Å². The molecule has 0 radical (unpaired) electrons. The third-order valence-corrected chi connectivity index (χ3v) is 10.6. The van der Waals surface area contributed by atoms with Gasteiger partial charge in [-0.05, 0) is 36.7 Å². The van der Waals surface area contributed by atoms with Crippen molar-refractivity contribution in [2.75, 3.05) is 46.9 Å². The Bertz CT molecular complexity index is 1710. The quantitative estimate of drug-likeness (QED) is 0.0521. The highest BCUT2D eigenvalue weighted by Crippen LogP contribution is 2.27. The van der Waals surface area contributed by atoms with E-state index in [2.05, 4.69) is 31.6 Å². The third kappa shape index (κ3) is 18.1. The maximum Gasteiger partial charge on any atom is 0.326 e. The van der Waals surface area contributed by atoms with E-state index in [0.717, 1.165) is 32.1 Å². The van der Waals surface area contributed by atoms with Crippen LogP contribution >= 0.6 is 0 Å². The molecule has 20 heteroatoms. The maximum absolute atomic E-state index is 14.1. The summed E-state index contributed by atoms with van der Waals surface area (Å²) in [6, 6.07) is 1.67. The van der Waals surface area contributed by atoms with E-state index < -0.39 is 84.0 Å². The molecule has 0 bridgehead atoms. The fraction of sp³-hybridized carbons (Fsp3) is 0.643. The summed E-state index contributed by atoms with van der Waals surface area (Å²) in [5, 5.41) is 32.4. The molecule has 2 aliphatic rings. The summed E-state index contributed by atoms with van der Waals surface area (Å²) < 4.78 is 5.41. The maximum atomic E-state index is 14.1. The van der Waals surface area contributed by atoms with E-state index in [0.29, 0.717) is 37.8 Å². The van der Waals surface area contributed by atoms with Crippen molar-refractivity contribution < 1.29 is 53.3 Å². The molecule has 0 spiro atoms. The SMILES string of the molecule is CC(C)C[C@H](NC(=O)[C@H](CC(=O)O)NC(=O)[C@H](CC1CCCCC1)NC(=O)[C@H](CCC(N)=O)NC(=O)CN=C(N(C)C)N1CCOCC1)C(=O)NC(Cc1ccccc1)C(=O)O. The molecule has 6 amide bonds. The number of guanidine groups is 1. The monoisotopic (exact) mass is 871 g/mol. The molecule has 3 rings (SSSR count). The zero-order valence-corrected chi connectivity index (χ0v) is 36.2. The number of primary amides is 1. The lowest BCUT2D eigenvalue weighted by molar-refractivity contribution is -0.143. The molecule has 62 heavy (non-hydrogen) atoms. The molecule has 1 aromatic carbocycles. The van der Waals surface area contributed by atoms with Crippen LogP contribution in [-0.4, -0.2) is 151 Å². The van der Waals surface area contributed by atoms with E-state index in [1.54, 1.807) is 63.2 Å². The lowest BCUT2D eigenvalue weighted by Crippen LogP contribution is -2.59. The van der Waals surface area contributed by atoms with Gasteiger partial charge >= 0.3 is 11.9 Å². The van der Waals surface area contributed by atoms with Gasteiger partial charge in [0.1, 0.15) is 36.8 Å². The van der Waals surface area contributed by atoms with Crippen LogP contribution in [0.2, 0.25) is 0 Å². The largest absolute Gasteiger partial charge is 0.481 e. The van der Waals surface area contributed by atoms with Crippen LogP contribution in [0, 0.1) is 11.8 Å². The Kier molecular flexibility index (Phi) is 21.1. The van der Waals surface area contributed by atoms with Crippen LogP contribution in [0.3, 0.4) is 0 Å². The van der Waals surface area contributed by atoms with Gasteiger partial charge in [0.15, 0.2) is 5.96 Å². The minimum atomic E-state index is -1.71. The van der Waals surface area contributed by atoms with E-state index in [1.807, 2.05) is 4.90 Å². The zero-order chi connectivity index (χ0) is 45.8. The number of nitrogens with one attached hydrogen (secondary N) is 5. The van der Waals surface area contributed by atoms with Crippen molar-refractivity contribution in [1.82, 2.24) is 36.4 Å². The van der Waals surface area contributed by atoms with Gasteiger partial charge in [0.25, 0.3) is 0 Å². The smallest absolute Gasteiger partial charge is 0.326 e. The first kappa shape index (κ1) is 50.6. The Hall–Kier alpha value is -5.79. The molecular weight excluding hydrogens is 807 g/mol. The first-order valence-corrected chi connectivity index (χ1v) is 21.3. The second-order valence-electron chi connectivity index (χ2n) is 16.5. The summed E-state index contributed by atoms with van der Waals surface area (Å²) in [5.74, 6) is -7.28. The number of benzene rings is 1. The first-order valence-electron chi connectivity index (χ1n) is 21.3. The van der Waals surface area contributed by atoms with E-state index in [4.69, 9.17) is 10.5 Å². The second-order valence-corrected chi connectivity index (χ2v) is 16.5. The van der Waals surface area contributed by atoms with Gasteiger partial charge in [0, 0.05) is 40.0 Å². The number of carboxylic acid groups (broad SMARTS) is 2. The Morgan fingerprint density at radius 2 is 1.35 bits per heavy atom. The lowest BCUT2D eigenvalue weighted by atomic mass is 9.84. The van der Waals surface area contributed by atoms with Crippen LogP contribution in [0.25, 0.3) is 0 Å². The van der Waals surface area contributed by atoms with Gasteiger partial charge in [-0.1, -0.05) is 76.3 Å². The molecule has 344 valence electrons. The molecule has 1 saturated carbocycles. The van der Waals surface area contributed by atoms with Crippen LogP contribution in [0.5, 0.6) is 0 Å². The van der Waals surface area contributed by atoms with Gasteiger partial charge in [-0.3, -0.25) is 33.6 Å². The Morgan fingerprint density at radius 1 is 0.790 bits per heavy atom. The summed E-state index contributed by atoms with van der Waals surface area (Å²) >= 11 is 0. The van der Waals surface area contributed by atoms with E-state index in [9.17, 15) is 48.6 Å². The highest BCUT2D eigenvalue weighted by atomic mass is 16.5. The standard InChI is InChI=1S/C42H65N9O11/c1-26(2)21-30(38(57)49-33(41(60)61)23-28-13-9-6-10-14-28)46-40(59)32(24-36(54)55)48-39(58)31(22-27-11-7-5-8-12-27)47-37(56)29(15-16-34(43)52)45-35(53)25-44-42(50(3)4)51-17-19-62-20-18-51/h6,9-10,13-14,26-27,29-33H,5,7-8,11-12,15-25H2,1-4H3,(H2,43,52)(H,45,53)(H,46,59)(H,47,56)(H,48,58)(H,49,57)(H,54,55)(H,60,61)/t29-,30-,31-,32-,33?/m0/s1. The van der Waals surface area contributed by atoms with Crippen LogP contribution in [-0.2, 0) is 49.5 Å². The zero-order valence-electron chi connectivity index (χ0n) is 36.2. The molecule has 1 saturated heterocycles. The van der Waals surface area contributed by atoms with Crippen LogP contribution in [0.4, 0.5) is 0 Å². The summed E-state index contributed by atoms with van der Waals surface area (Å²) in [6.07, 6.45) is 3.06. The van der Waals surface area contributed by atoms with E-state index in [-0.39, 0.29) is 50.5 Å². The van der Waals surface area contributed by atoms with Gasteiger partial charge in [-0.25, -0.2) is 9.79 Å². The number of aliphatic imine (C=N–C) groups is 1. The fourth-order valence-corrected chi connectivity index (χ4v) is 7.44. The average molecular weight is 872 g/mol. The number of nitrogens with zero attached hydrogens (tertiary/aromatic N) is 3. The molecule has 9 N–H and O–H groups in total. The highest BCUT2D eigenvalue weighted by molar-refractivity contribution is 5.97. The van der Waals surface area contributed by atoms with Gasteiger partial charge in [-0.2, -0.15) is 0 Å². The van der Waals surface area contributed by atoms with Crippen molar-refractivity contribution >= 4 is 53.3 Å². The summed E-state index contributed by atoms with van der Waals surface area (Å²) in [4.78, 5) is 113. The second kappa shape index (κ2) is 25.9. The molecule has 20 nitrogen and oxygen atoms in total. The molecule has 1 aromatic rings. The van der Waals surface area contributed by atoms with Crippen molar-refractivity contribution in [3.8, 4) is 0 Å². The van der Waals surface area contributed by atoms with Crippen molar-refractivity contribution in [3.05, 3.63) is 35.9 Å².